The average molecular weight is 442 g/mol. The minimum Gasteiger partial charge on any atom is -0.455 e. The van der Waals surface area contributed by atoms with Gasteiger partial charge < -0.3 is 4.42 Å². The Morgan fingerprint density at radius 2 is 1.56 bits per heavy atom. The Bertz CT molecular complexity index is 1290. The van der Waals surface area contributed by atoms with Crippen molar-refractivity contribution >= 4 is 35.2 Å². The van der Waals surface area contributed by atoms with Gasteiger partial charge in [-0.25, -0.2) is 0 Å². The summed E-state index contributed by atoms with van der Waals surface area (Å²) >= 11 is 0. The topological polar surface area (TPSA) is 26.0 Å². The molecule has 2 aromatic carbocycles. The number of benzene rings is 2. The number of fused-ring (bicyclic) bond motifs is 3. The second-order valence-corrected chi connectivity index (χ2v) is 17.1. The Morgan fingerprint density at radius 3 is 2.19 bits per heavy atom. The Hall–Kier alpha value is -2.39. The van der Waals surface area contributed by atoms with Gasteiger partial charge in [0.2, 0.25) is 0 Å². The van der Waals surface area contributed by atoms with E-state index in [-0.39, 0.29) is 0 Å². The lowest BCUT2D eigenvalue weighted by molar-refractivity contribution is 0.239. The summed E-state index contributed by atoms with van der Waals surface area (Å²) in [6.07, 6.45) is 4.66. The molecule has 0 saturated heterocycles. The lowest BCUT2D eigenvalue weighted by Gasteiger charge is -2.35. The first-order valence-electron chi connectivity index (χ1n) is 11.9. The molecule has 0 atom stereocenters. The Balaban J connectivity index is 1.66. The fraction of sp³-hybridized carbons (Fsp3) is 0.414. The molecule has 0 N–H and O–H groups in total. The summed E-state index contributed by atoms with van der Waals surface area (Å²) in [5.41, 5.74) is 5.99. The van der Waals surface area contributed by atoms with Crippen LogP contribution in [0.1, 0.15) is 52.0 Å². The van der Waals surface area contributed by atoms with Gasteiger partial charge in [-0.15, -0.1) is 0 Å². The van der Waals surface area contributed by atoms with E-state index >= 15 is 0 Å². The second-order valence-electron chi connectivity index (χ2n) is 12.1. The van der Waals surface area contributed by atoms with Crippen molar-refractivity contribution in [3.05, 3.63) is 60.3 Å². The van der Waals surface area contributed by atoms with Crippen LogP contribution in [0.3, 0.4) is 0 Å². The number of para-hydroxylation sites is 1. The number of nitrogens with zero attached hydrogens (tertiary/aromatic N) is 1. The van der Waals surface area contributed by atoms with Gasteiger partial charge >= 0.3 is 0 Å². The zero-order valence-electron chi connectivity index (χ0n) is 20.5. The molecule has 1 saturated carbocycles. The van der Waals surface area contributed by atoms with Crippen LogP contribution in [0.15, 0.2) is 59.1 Å². The molecule has 1 fully saturated rings. The van der Waals surface area contributed by atoms with Crippen molar-refractivity contribution in [2.75, 3.05) is 0 Å². The molecule has 166 valence electrons. The Morgan fingerprint density at radius 1 is 0.875 bits per heavy atom. The molecule has 2 nitrogen and oxygen atoms in total. The van der Waals surface area contributed by atoms with E-state index in [9.17, 15) is 0 Å². The monoisotopic (exact) mass is 441 g/mol. The van der Waals surface area contributed by atoms with E-state index in [1.54, 1.807) is 0 Å². The van der Waals surface area contributed by atoms with Crippen molar-refractivity contribution in [1.29, 1.82) is 0 Å². The SMILES string of the molecule is CC1(C)CCC(C)(C)C1c1ccc(-c2ccc([Si](C)(C)C)c3c2oc2ccccc23)nc1. The van der Waals surface area contributed by atoms with Gasteiger partial charge in [0.15, 0.2) is 0 Å². The van der Waals surface area contributed by atoms with Crippen LogP contribution in [0.2, 0.25) is 19.6 Å². The number of hydrogen-bond donors (Lipinski definition) is 0. The highest BCUT2D eigenvalue weighted by Crippen LogP contribution is 2.58. The highest BCUT2D eigenvalue weighted by molar-refractivity contribution is 6.90. The van der Waals surface area contributed by atoms with Crippen molar-refractivity contribution < 1.29 is 4.42 Å². The van der Waals surface area contributed by atoms with E-state index in [1.807, 2.05) is 0 Å². The van der Waals surface area contributed by atoms with Crippen molar-refractivity contribution in [3.8, 4) is 11.3 Å². The molecule has 2 heterocycles. The third-order valence-electron chi connectivity index (χ3n) is 7.71. The number of hydrogen-bond acceptors (Lipinski definition) is 2. The molecule has 2 aromatic heterocycles. The van der Waals surface area contributed by atoms with Gasteiger partial charge in [0.25, 0.3) is 0 Å². The minimum absolute atomic E-state index is 0.303. The average Bonchev–Trinajstić information content (AvgIpc) is 3.21. The molecule has 0 amide bonds. The van der Waals surface area contributed by atoms with Crippen LogP contribution in [0.5, 0.6) is 0 Å². The van der Waals surface area contributed by atoms with Crippen molar-refractivity contribution in [2.24, 2.45) is 10.8 Å². The summed E-state index contributed by atoms with van der Waals surface area (Å²) in [6.45, 7) is 16.9. The van der Waals surface area contributed by atoms with E-state index in [0.717, 1.165) is 22.4 Å². The lowest BCUT2D eigenvalue weighted by Crippen LogP contribution is -2.37. The maximum Gasteiger partial charge on any atom is 0.144 e. The fourth-order valence-corrected chi connectivity index (χ4v) is 7.86. The predicted molar refractivity (Wildman–Crippen MR) is 139 cm³/mol. The van der Waals surface area contributed by atoms with Crippen LogP contribution in [0, 0.1) is 10.8 Å². The third kappa shape index (κ3) is 3.33. The Labute approximate surface area is 193 Å². The first-order valence-corrected chi connectivity index (χ1v) is 15.4. The van der Waals surface area contributed by atoms with E-state index in [2.05, 4.69) is 102 Å². The molecule has 0 radical (unpaired) electrons. The van der Waals surface area contributed by atoms with E-state index in [0.29, 0.717) is 16.7 Å². The highest BCUT2D eigenvalue weighted by atomic mass is 28.3. The van der Waals surface area contributed by atoms with Crippen LogP contribution in [-0.2, 0) is 0 Å². The van der Waals surface area contributed by atoms with E-state index in [4.69, 9.17) is 9.40 Å². The van der Waals surface area contributed by atoms with Crippen LogP contribution in [-0.4, -0.2) is 13.1 Å². The first kappa shape index (κ1) is 21.5. The Kier molecular flexibility index (Phi) is 4.73. The molecule has 1 aliphatic carbocycles. The number of rotatable bonds is 3. The van der Waals surface area contributed by atoms with Gasteiger partial charge in [-0.3, -0.25) is 4.98 Å². The maximum absolute atomic E-state index is 6.45. The smallest absolute Gasteiger partial charge is 0.144 e. The molecule has 0 bridgehead atoms. The molecular formula is C29H35NOSi. The van der Waals surface area contributed by atoms with Crippen LogP contribution >= 0.6 is 0 Å². The zero-order chi connectivity index (χ0) is 22.9. The number of pyridine rings is 1. The number of aromatic nitrogens is 1. The zero-order valence-corrected chi connectivity index (χ0v) is 21.5. The quantitative estimate of drug-likeness (QED) is 0.300. The van der Waals surface area contributed by atoms with Gasteiger partial charge in [0.1, 0.15) is 11.2 Å². The highest BCUT2D eigenvalue weighted by Gasteiger charge is 2.47. The summed E-state index contributed by atoms with van der Waals surface area (Å²) < 4.78 is 6.45. The molecule has 0 unspecified atom stereocenters. The second kappa shape index (κ2) is 7.05. The standard InChI is InChI=1S/C29H35NOSi/c1-28(2)16-17-29(3,4)27(28)19-12-14-22(30-18-19)20-13-15-24(32(5,6)7)25-21-10-8-9-11-23(21)31-26(20)25/h8-15,18,27H,16-17H2,1-7H3. The molecule has 0 aliphatic heterocycles. The summed E-state index contributed by atoms with van der Waals surface area (Å²) in [7, 11) is -1.54. The van der Waals surface area contributed by atoms with Crippen molar-refractivity contribution in [3.63, 3.8) is 0 Å². The van der Waals surface area contributed by atoms with Crippen LogP contribution < -0.4 is 5.19 Å². The van der Waals surface area contributed by atoms with Crippen molar-refractivity contribution in [2.45, 2.75) is 66.1 Å². The number of furan rings is 1. The predicted octanol–water partition coefficient (Wildman–Crippen LogP) is 8.12. The molecule has 1 aliphatic rings. The minimum atomic E-state index is -1.54. The van der Waals surface area contributed by atoms with Gasteiger partial charge in [0.05, 0.1) is 13.8 Å². The third-order valence-corrected chi connectivity index (χ3v) is 9.74. The fourth-order valence-electron chi connectivity index (χ4n) is 6.28. The van der Waals surface area contributed by atoms with Gasteiger partial charge in [0, 0.05) is 22.5 Å². The van der Waals surface area contributed by atoms with E-state index in [1.165, 1.54) is 34.4 Å². The summed E-state index contributed by atoms with van der Waals surface area (Å²) in [6, 6.07) is 17.5. The summed E-state index contributed by atoms with van der Waals surface area (Å²) in [5.74, 6) is 0.525. The van der Waals surface area contributed by atoms with Crippen molar-refractivity contribution in [1.82, 2.24) is 4.98 Å². The van der Waals surface area contributed by atoms with Gasteiger partial charge in [-0.2, -0.15) is 0 Å². The van der Waals surface area contributed by atoms with Gasteiger partial charge in [-0.1, -0.05) is 77.7 Å². The summed E-state index contributed by atoms with van der Waals surface area (Å²) in [4.78, 5) is 4.99. The van der Waals surface area contributed by atoms with Crippen LogP contribution in [0.25, 0.3) is 33.2 Å². The van der Waals surface area contributed by atoms with E-state index < -0.39 is 8.07 Å². The molecule has 4 aromatic rings. The molecule has 5 rings (SSSR count). The lowest BCUT2D eigenvalue weighted by atomic mass is 9.69. The molecule has 3 heteroatoms. The molecule has 32 heavy (non-hydrogen) atoms. The molecular weight excluding hydrogens is 406 g/mol. The largest absolute Gasteiger partial charge is 0.455 e. The summed E-state index contributed by atoms with van der Waals surface area (Å²) in [5, 5.41) is 3.95. The normalized spacial score (nSPS) is 18.6. The molecule has 0 spiro atoms. The first-order chi connectivity index (χ1) is 15.0. The van der Waals surface area contributed by atoms with Crippen LogP contribution in [0.4, 0.5) is 0 Å². The maximum atomic E-state index is 6.45. The van der Waals surface area contributed by atoms with Gasteiger partial charge in [-0.05, 0) is 58.5 Å².